The van der Waals surface area contributed by atoms with E-state index in [2.05, 4.69) is 20.5 Å². The molecule has 0 saturated heterocycles. The van der Waals surface area contributed by atoms with Crippen LogP contribution in [0.25, 0.3) is 23.0 Å². The molecule has 1 unspecified atom stereocenters. The highest BCUT2D eigenvalue weighted by Crippen LogP contribution is 2.32. The van der Waals surface area contributed by atoms with Crippen LogP contribution in [0, 0.1) is 6.92 Å². The lowest BCUT2D eigenvalue weighted by Gasteiger charge is -2.24. The number of ether oxygens (including phenoxy) is 2. The van der Waals surface area contributed by atoms with Crippen LogP contribution in [0.2, 0.25) is 0 Å². The van der Waals surface area contributed by atoms with Crippen molar-refractivity contribution in [3.05, 3.63) is 65.4 Å². The molecule has 4 aromatic rings. The fourth-order valence-corrected chi connectivity index (χ4v) is 3.44. The molecule has 1 aliphatic heterocycles. The van der Waals surface area contributed by atoms with Crippen LogP contribution in [0.3, 0.4) is 0 Å². The maximum Gasteiger partial charge on any atom is 0.280 e. The molecule has 1 aliphatic rings. The maximum absolute atomic E-state index is 6.07. The number of fused-ring (bicyclic) bond motifs is 1. The molecule has 0 saturated carbocycles. The van der Waals surface area contributed by atoms with E-state index in [1.807, 2.05) is 60.1 Å². The van der Waals surface area contributed by atoms with Gasteiger partial charge in [0.2, 0.25) is 5.82 Å². The Morgan fingerprint density at radius 2 is 2.03 bits per heavy atom. The Hall–Kier alpha value is -3.52. The lowest BCUT2D eigenvalue weighted by molar-refractivity contribution is -0.00127. The van der Waals surface area contributed by atoms with Gasteiger partial charge in [0, 0.05) is 5.56 Å². The van der Waals surface area contributed by atoms with E-state index in [9.17, 15) is 0 Å². The van der Waals surface area contributed by atoms with Gasteiger partial charge in [0.05, 0.1) is 26.0 Å². The predicted molar refractivity (Wildman–Crippen MR) is 104 cm³/mol. The number of hydrogen-bond acceptors (Lipinski definition) is 7. The number of aromatic nitrogens is 5. The summed E-state index contributed by atoms with van der Waals surface area (Å²) in [5, 5.41) is 12.6. The lowest BCUT2D eigenvalue weighted by atomic mass is 10.1. The second-order valence-electron chi connectivity index (χ2n) is 6.94. The van der Waals surface area contributed by atoms with Crippen molar-refractivity contribution in [2.24, 2.45) is 0 Å². The monoisotopic (exact) mass is 389 g/mol. The summed E-state index contributed by atoms with van der Waals surface area (Å²) in [6.45, 7) is 2.93. The molecule has 0 amide bonds. The van der Waals surface area contributed by atoms with E-state index in [0.717, 1.165) is 28.1 Å². The number of hydrogen-bond donors (Lipinski definition) is 0. The van der Waals surface area contributed by atoms with Crippen LogP contribution in [0.15, 0.2) is 53.1 Å². The summed E-state index contributed by atoms with van der Waals surface area (Å²) in [5.41, 5.74) is 4.44. The molecule has 146 valence electrons. The average molecular weight is 389 g/mol. The van der Waals surface area contributed by atoms with Crippen LogP contribution in [0.5, 0.6) is 5.75 Å². The summed E-state index contributed by atoms with van der Waals surface area (Å²) in [6, 6.07) is 15.8. The van der Waals surface area contributed by atoms with Gasteiger partial charge in [-0.3, -0.25) is 0 Å². The molecule has 29 heavy (non-hydrogen) atoms. The first kappa shape index (κ1) is 17.6. The molecule has 0 radical (unpaired) electrons. The molecule has 5 rings (SSSR count). The highest BCUT2D eigenvalue weighted by molar-refractivity contribution is 5.59. The van der Waals surface area contributed by atoms with Crippen LogP contribution in [-0.2, 0) is 17.9 Å². The van der Waals surface area contributed by atoms with Crippen molar-refractivity contribution < 1.29 is 14.0 Å². The molecule has 2 aromatic carbocycles. The van der Waals surface area contributed by atoms with Gasteiger partial charge in [-0.15, -0.1) is 5.10 Å². The molecule has 0 fully saturated rings. The van der Waals surface area contributed by atoms with Crippen molar-refractivity contribution in [2.75, 3.05) is 7.11 Å². The summed E-state index contributed by atoms with van der Waals surface area (Å²) in [6.07, 6.45) is -0.127. The standard InChI is InChI=1S/C21H19N5O3/c1-13-5-3-7-15(9-13)20-22-21(29-24-20)19-17-12-28-18(11-26(17)25-23-19)14-6-4-8-16(10-14)27-2/h3-10,18H,11-12H2,1-2H3. The maximum atomic E-state index is 6.07. The van der Waals surface area contributed by atoms with Gasteiger partial charge < -0.3 is 14.0 Å². The lowest BCUT2D eigenvalue weighted by Crippen LogP contribution is -2.22. The Labute approximate surface area is 167 Å². The van der Waals surface area contributed by atoms with Crippen molar-refractivity contribution in [3.63, 3.8) is 0 Å². The van der Waals surface area contributed by atoms with Gasteiger partial charge in [-0.05, 0) is 30.7 Å². The zero-order chi connectivity index (χ0) is 19.8. The molecule has 0 spiro atoms. The normalized spacial score (nSPS) is 15.9. The number of methoxy groups -OCH3 is 1. The molecule has 2 aromatic heterocycles. The summed E-state index contributed by atoms with van der Waals surface area (Å²) in [4.78, 5) is 4.51. The zero-order valence-electron chi connectivity index (χ0n) is 16.1. The first-order valence-corrected chi connectivity index (χ1v) is 9.30. The Kier molecular flexibility index (Phi) is 4.33. The van der Waals surface area contributed by atoms with E-state index in [1.165, 1.54) is 0 Å². The van der Waals surface area contributed by atoms with Crippen molar-refractivity contribution in [1.82, 2.24) is 25.1 Å². The third kappa shape index (κ3) is 3.27. The number of aryl methyl sites for hydroxylation is 1. The second-order valence-corrected chi connectivity index (χ2v) is 6.94. The van der Waals surface area contributed by atoms with Gasteiger partial charge in [0.25, 0.3) is 5.89 Å². The Morgan fingerprint density at radius 3 is 2.90 bits per heavy atom. The molecular weight excluding hydrogens is 370 g/mol. The van der Waals surface area contributed by atoms with E-state index in [-0.39, 0.29) is 6.10 Å². The van der Waals surface area contributed by atoms with Crippen molar-refractivity contribution in [1.29, 1.82) is 0 Å². The molecule has 0 aliphatic carbocycles. The van der Waals surface area contributed by atoms with Gasteiger partial charge in [0.15, 0.2) is 5.69 Å². The molecule has 0 bridgehead atoms. The molecule has 8 heteroatoms. The summed E-state index contributed by atoms with van der Waals surface area (Å²) in [7, 11) is 1.65. The number of nitrogens with zero attached hydrogens (tertiary/aromatic N) is 5. The van der Waals surface area contributed by atoms with Crippen LogP contribution in [0.4, 0.5) is 0 Å². The number of benzene rings is 2. The summed E-state index contributed by atoms with van der Waals surface area (Å²) < 4.78 is 18.7. The average Bonchev–Trinajstić information content (AvgIpc) is 3.40. The Morgan fingerprint density at radius 1 is 1.14 bits per heavy atom. The largest absolute Gasteiger partial charge is 0.497 e. The van der Waals surface area contributed by atoms with Crippen LogP contribution >= 0.6 is 0 Å². The minimum atomic E-state index is -0.127. The van der Waals surface area contributed by atoms with E-state index < -0.39 is 0 Å². The summed E-state index contributed by atoms with van der Waals surface area (Å²) in [5.74, 6) is 1.66. The molecule has 0 N–H and O–H groups in total. The topological polar surface area (TPSA) is 88.1 Å². The van der Waals surface area contributed by atoms with Crippen LogP contribution in [0.1, 0.15) is 22.9 Å². The van der Waals surface area contributed by atoms with E-state index in [0.29, 0.717) is 30.6 Å². The molecular formula is C21H19N5O3. The van der Waals surface area contributed by atoms with Crippen LogP contribution < -0.4 is 4.74 Å². The van der Waals surface area contributed by atoms with Gasteiger partial charge in [-0.2, -0.15) is 4.98 Å². The van der Waals surface area contributed by atoms with Crippen LogP contribution in [-0.4, -0.2) is 32.2 Å². The van der Waals surface area contributed by atoms with Crippen molar-refractivity contribution in [3.8, 4) is 28.7 Å². The Bertz CT molecular complexity index is 1170. The van der Waals surface area contributed by atoms with Gasteiger partial charge in [-0.1, -0.05) is 46.3 Å². The molecule has 3 heterocycles. The van der Waals surface area contributed by atoms with E-state index in [1.54, 1.807) is 7.11 Å². The first-order valence-electron chi connectivity index (χ1n) is 9.30. The Balaban J connectivity index is 1.41. The fourth-order valence-electron chi connectivity index (χ4n) is 3.44. The SMILES string of the molecule is COc1cccc(C2Cn3nnc(-c4nc(-c5cccc(C)c5)no4)c3CO2)c1. The van der Waals surface area contributed by atoms with Crippen molar-refractivity contribution in [2.45, 2.75) is 26.2 Å². The second kappa shape index (κ2) is 7.14. The third-order valence-electron chi connectivity index (χ3n) is 4.97. The quantitative estimate of drug-likeness (QED) is 0.527. The van der Waals surface area contributed by atoms with Crippen molar-refractivity contribution >= 4 is 0 Å². The molecule has 8 nitrogen and oxygen atoms in total. The third-order valence-corrected chi connectivity index (χ3v) is 4.97. The highest BCUT2D eigenvalue weighted by Gasteiger charge is 2.28. The van der Waals surface area contributed by atoms with E-state index in [4.69, 9.17) is 14.0 Å². The smallest absolute Gasteiger partial charge is 0.280 e. The number of rotatable bonds is 4. The highest BCUT2D eigenvalue weighted by atomic mass is 16.5. The van der Waals surface area contributed by atoms with Gasteiger partial charge in [-0.25, -0.2) is 4.68 Å². The van der Waals surface area contributed by atoms with Gasteiger partial charge in [0.1, 0.15) is 11.9 Å². The first-order chi connectivity index (χ1) is 14.2. The van der Waals surface area contributed by atoms with E-state index >= 15 is 0 Å². The predicted octanol–water partition coefficient (Wildman–Crippen LogP) is 3.58. The molecule has 1 atom stereocenters. The minimum absolute atomic E-state index is 0.127. The van der Waals surface area contributed by atoms with Gasteiger partial charge >= 0.3 is 0 Å². The fraction of sp³-hybridized carbons (Fsp3) is 0.238. The summed E-state index contributed by atoms with van der Waals surface area (Å²) >= 11 is 0. The minimum Gasteiger partial charge on any atom is -0.497 e. The zero-order valence-corrected chi connectivity index (χ0v) is 16.1.